The van der Waals surface area contributed by atoms with Crippen LogP contribution in [-0.2, 0) is 6.18 Å². The lowest BCUT2D eigenvalue weighted by atomic mass is 10.0. The Labute approximate surface area is 95.4 Å². The SMILES string of the molecule is CC(N)CC(=O)c1ccc(F)c(C(F)(F)F)c1. The molecule has 0 fully saturated rings. The minimum absolute atomic E-state index is 0.0804. The second kappa shape index (κ2) is 4.83. The van der Waals surface area contributed by atoms with Crippen LogP contribution < -0.4 is 5.73 Å². The molecule has 1 aromatic carbocycles. The number of ketones is 1. The molecule has 1 unspecified atom stereocenters. The van der Waals surface area contributed by atoms with Crippen LogP contribution in [0.1, 0.15) is 29.3 Å². The molecule has 2 N–H and O–H groups in total. The van der Waals surface area contributed by atoms with Crippen LogP contribution in [0.25, 0.3) is 0 Å². The van der Waals surface area contributed by atoms with E-state index in [0.29, 0.717) is 12.1 Å². The third kappa shape index (κ3) is 3.52. The standard InChI is InChI=1S/C11H11F4NO/c1-6(16)4-10(17)7-2-3-9(12)8(5-7)11(13,14)15/h2-3,5-6H,4,16H2,1H3. The summed E-state index contributed by atoms with van der Waals surface area (Å²) in [6.45, 7) is 1.56. The Balaban J connectivity index is 3.09. The highest BCUT2D eigenvalue weighted by molar-refractivity contribution is 5.96. The van der Waals surface area contributed by atoms with E-state index in [1.165, 1.54) is 0 Å². The van der Waals surface area contributed by atoms with Crippen LogP contribution in [-0.4, -0.2) is 11.8 Å². The van der Waals surface area contributed by atoms with Gasteiger partial charge >= 0.3 is 6.18 Å². The van der Waals surface area contributed by atoms with Gasteiger partial charge < -0.3 is 5.73 Å². The summed E-state index contributed by atoms with van der Waals surface area (Å²) in [6.07, 6.45) is -4.89. The number of carbonyl (C=O) groups excluding carboxylic acids is 1. The summed E-state index contributed by atoms with van der Waals surface area (Å²) in [5.74, 6) is -1.93. The van der Waals surface area contributed by atoms with Crippen LogP contribution in [0.3, 0.4) is 0 Å². The van der Waals surface area contributed by atoms with Crippen molar-refractivity contribution in [3.05, 3.63) is 35.1 Å². The second-order valence-electron chi connectivity index (χ2n) is 3.80. The van der Waals surface area contributed by atoms with Crippen molar-refractivity contribution in [2.24, 2.45) is 5.73 Å². The molecule has 0 amide bonds. The molecule has 0 spiro atoms. The Morgan fingerprint density at radius 1 is 1.41 bits per heavy atom. The number of benzene rings is 1. The molecule has 0 saturated heterocycles. The van der Waals surface area contributed by atoms with E-state index in [4.69, 9.17) is 5.73 Å². The number of Topliss-reactive ketones (excluding diaryl/α,β-unsaturated/α-hetero) is 1. The van der Waals surface area contributed by atoms with E-state index < -0.39 is 29.4 Å². The smallest absolute Gasteiger partial charge is 0.328 e. The van der Waals surface area contributed by atoms with Crippen LogP contribution >= 0.6 is 0 Å². The number of alkyl halides is 3. The van der Waals surface area contributed by atoms with E-state index in [2.05, 4.69) is 0 Å². The molecule has 2 nitrogen and oxygen atoms in total. The summed E-state index contributed by atoms with van der Waals surface area (Å²) < 4.78 is 50.1. The largest absolute Gasteiger partial charge is 0.419 e. The van der Waals surface area contributed by atoms with Gasteiger partial charge in [-0.25, -0.2) is 4.39 Å². The molecule has 94 valence electrons. The minimum Gasteiger partial charge on any atom is -0.328 e. The topological polar surface area (TPSA) is 43.1 Å². The van der Waals surface area contributed by atoms with Crippen molar-refractivity contribution < 1.29 is 22.4 Å². The lowest BCUT2D eigenvalue weighted by Gasteiger charge is -2.10. The molecular weight excluding hydrogens is 238 g/mol. The minimum atomic E-state index is -4.81. The average molecular weight is 249 g/mol. The zero-order valence-corrected chi connectivity index (χ0v) is 9.01. The second-order valence-corrected chi connectivity index (χ2v) is 3.80. The number of halogens is 4. The first kappa shape index (κ1) is 13.6. The molecule has 0 heterocycles. The molecule has 1 aromatic rings. The lowest BCUT2D eigenvalue weighted by molar-refractivity contribution is -0.140. The van der Waals surface area contributed by atoms with Gasteiger partial charge in [0.1, 0.15) is 5.82 Å². The highest BCUT2D eigenvalue weighted by Gasteiger charge is 2.34. The van der Waals surface area contributed by atoms with Crippen LogP contribution in [0, 0.1) is 5.82 Å². The van der Waals surface area contributed by atoms with Gasteiger partial charge in [-0.1, -0.05) is 0 Å². The molecule has 1 atom stereocenters. The third-order valence-corrected chi connectivity index (χ3v) is 2.10. The van der Waals surface area contributed by atoms with Crippen molar-refractivity contribution in [3.8, 4) is 0 Å². The van der Waals surface area contributed by atoms with Gasteiger partial charge in [-0.05, 0) is 25.1 Å². The summed E-state index contributed by atoms with van der Waals surface area (Å²) >= 11 is 0. The van der Waals surface area contributed by atoms with Gasteiger partial charge in [0.2, 0.25) is 0 Å². The summed E-state index contributed by atoms with van der Waals surface area (Å²) in [7, 11) is 0. The Morgan fingerprint density at radius 3 is 2.47 bits per heavy atom. The summed E-state index contributed by atoms with van der Waals surface area (Å²) in [5, 5.41) is 0. The average Bonchev–Trinajstić information content (AvgIpc) is 2.15. The van der Waals surface area contributed by atoms with E-state index in [-0.39, 0.29) is 12.0 Å². The molecule has 0 saturated carbocycles. The molecule has 0 bridgehead atoms. The van der Waals surface area contributed by atoms with Gasteiger partial charge in [0, 0.05) is 18.0 Å². The fraction of sp³-hybridized carbons (Fsp3) is 0.364. The first-order valence-electron chi connectivity index (χ1n) is 4.87. The molecule has 1 rings (SSSR count). The normalized spacial score (nSPS) is 13.5. The van der Waals surface area contributed by atoms with Crippen molar-refractivity contribution in [2.75, 3.05) is 0 Å². The molecule has 0 aliphatic rings. The predicted octanol–water partition coefficient (Wildman–Crippen LogP) is 2.76. The highest BCUT2D eigenvalue weighted by Crippen LogP contribution is 2.32. The van der Waals surface area contributed by atoms with Gasteiger partial charge in [-0.3, -0.25) is 4.79 Å². The molecule has 17 heavy (non-hydrogen) atoms. The third-order valence-electron chi connectivity index (χ3n) is 2.10. The van der Waals surface area contributed by atoms with Crippen molar-refractivity contribution in [1.29, 1.82) is 0 Å². The molecule has 0 aliphatic heterocycles. The van der Waals surface area contributed by atoms with Crippen LogP contribution in [0.4, 0.5) is 17.6 Å². The van der Waals surface area contributed by atoms with Crippen LogP contribution in [0.5, 0.6) is 0 Å². The first-order chi connectivity index (χ1) is 7.71. The Kier molecular flexibility index (Phi) is 3.87. The number of hydrogen-bond donors (Lipinski definition) is 1. The number of nitrogens with two attached hydrogens (primary N) is 1. The first-order valence-corrected chi connectivity index (χ1v) is 4.87. The zero-order valence-electron chi connectivity index (χ0n) is 9.01. The maximum absolute atomic E-state index is 12.9. The number of carbonyl (C=O) groups is 1. The van der Waals surface area contributed by atoms with Gasteiger partial charge in [-0.15, -0.1) is 0 Å². The van der Waals surface area contributed by atoms with Gasteiger partial charge in [0.15, 0.2) is 5.78 Å². The fourth-order valence-corrected chi connectivity index (χ4v) is 1.33. The number of rotatable bonds is 3. The molecule has 0 aromatic heterocycles. The van der Waals surface area contributed by atoms with Gasteiger partial charge in [-0.2, -0.15) is 13.2 Å². The Morgan fingerprint density at radius 2 is 2.00 bits per heavy atom. The van der Waals surface area contributed by atoms with Crippen molar-refractivity contribution in [3.63, 3.8) is 0 Å². The summed E-state index contributed by atoms with van der Waals surface area (Å²) in [6, 6.07) is 1.72. The maximum Gasteiger partial charge on any atom is 0.419 e. The zero-order chi connectivity index (χ0) is 13.2. The van der Waals surface area contributed by atoms with Crippen molar-refractivity contribution in [2.45, 2.75) is 25.6 Å². The molecule has 0 radical (unpaired) electrons. The van der Waals surface area contributed by atoms with Gasteiger partial charge in [0.25, 0.3) is 0 Å². The molecular formula is C11H11F4NO. The summed E-state index contributed by atoms with van der Waals surface area (Å²) in [5.41, 5.74) is 3.75. The highest BCUT2D eigenvalue weighted by atomic mass is 19.4. The van der Waals surface area contributed by atoms with E-state index in [1.807, 2.05) is 0 Å². The van der Waals surface area contributed by atoms with Crippen molar-refractivity contribution >= 4 is 5.78 Å². The quantitative estimate of drug-likeness (QED) is 0.661. The number of hydrogen-bond acceptors (Lipinski definition) is 2. The maximum atomic E-state index is 12.9. The van der Waals surface area contributed by atoms with E-state index in [9.17, 15) is 22.4 Å². The van der Waals surface area contributed by atoms with E-state index >= 15 is 0 Å². The Bertz CT molecular complexity index is 426. The Hall–Kier alpha value is -1.43. The van der Waals surface area contributed by atoms with Gasteiger partial charge in [0.05, 0.1) is 5.56 Å². The van der Waals surface area contributed by atoms with Crippen LogP contribution in [0.2, 0.25) is 0 Å². The lowest BCUT2D eigenvalue weighted by Crippen LogP contribution is -2.20. The predicted molar refractivity (Wildman–Crippen MR) is 54.0 cm³/mol. The summed E-state index contributed by atoms with van der Waals surface area (Å²) in [4.78, 5) is 11.5. The fourth-order valence-electron chi connectivity index (χ4n) is 1.33. The monoisotopic (exact) mass is 249 g/mol. The molecule has 0 aliphatic carbocycles. The van der Waals surface area contributed by atoms with Crippen molar-refractivity contribution in [1.82, 2.24) is 0 Å². The molecule has 6 heteroatoms. The van der Waals surface area contributed by atoms with E-state index in [0.717, 1.165) is 6.07 Å². The van der Waals surface area contributed by atoms with Crippen LogP contribution in [0.15, 0.2) is 18.2 Å². The van der Waals surface area contributed by atoms with E-state index in [1.54, 1.807) is 6.92 Å².